The molecule has 0 aliphatic carbocycles. The lowest BCUT2D eigenvalue weighted by molar-refractivity contribution is 0.408. The van der Waals surface area contributed by atoms with Gasteiger partial charge in [0.1, 0.15) is 0 Å². The highest BCUT2D eigenvalue weighted by molar-refractivity contribution is 7.87. The number of unbranched alkanes of at least 4 members (excludes halogenated alkanes) is 3. The van der Waals surface area contributed by atoms with Crippen molar-refractivity contribution in [3.8, 4) is 17.5 Å². The van der Waals surface area contributed by atoms with Crippen LogP contribution in [0, 0.1) is 0 Å². The predicted molar refractivity (Wildman–Crippen MR) is 62.7 cm³/mol. The highest BCUT2D eigenvalue weighted by Crippen LogP contribution is 2.30. The number of hydrogen-bond acceptors (Lipinski definition) is 5. The summed E-state index contributed by atoms with van der Waals surface area (Å²) in [5.41, 5.74) is 0. The minimum atomic E-state index is -3.72. The van der Waals surface area contributed by atoms with Gasteiger partial charge in [-0.15, -0.1) is 0 Å². The minimum Gasteiger partial charge on any atom is -0.494 e. The first kappa shape index (κ1) is 13.7. The van der Waals surface area contributed by atoms with Crippen molar-refractivity contribution in [2.24, 2.45) is 0 Å². The standard InChI is InChI=1S/C10H17NO5S/c1-2-3-4-5-6-17(14,15)16-8-7-9(12)11-10(8)13/h7,11-13H,2-6H2,1H3. The van der Waals surface area contributed by atoms with Gasteiger partial charge in [0, 0.05) is 6.07 Å². The lowest BCUT2D eigenvalue weighted by Gasteiger charge is -2.04. The van der Waals surface area contributed by atoms with E-state index in [1.807, 2.05) is 6.92 Å². The Bertz CT molecular complexity index is 451. The van der Waals surface area contributed by atoms with Crippen molar-refractivity contribution < 1.29 is 22.8 Å². The Balaban J connectivity index is 2.52. The first-order chi connectivity index (χ1) is 7.94. The smallest absolute Gasteiger partial charge is 0.309 e. The van der Waals surface area contributed by atoms with E-state index in [2.05, 4.69) is 9.17 Å². The molecule has 0 radical (unpaired) electrons. The van der Waals surface area contributed by atoms with Crippen LogP contribution in [-0.4, -0.2) is 29.4 Å². The topological polar surface area (TPSA) is 99.6 Å². The van der Waals surface area contributed by atoms with E-state index < -0.39 is 16.0 Å². The van der Waals surface area contributed by atoms with Crippen LogP contribution in [0.4, 0.5) is 0 Å². The predicted octanol–water partition coefficient (Wildman–Crippen LogP) is 1.71. The molecule has 7 heteroatoms. The second-order valence-corrected chi connectivity index (χ2v) is 5.46. The Morgan fingerprint density at radius 3 is 2.53 bits per heavy atom. The Labute approximate surface area is 100 Å². The van der Waals surface area contributed by atoms with E-state index in [1.165, 1.54) is 0 Å². The summed E-state index contributed by atoms with van der Waals surface area (Å²) in [6.45, 7) is 2.03. The summed E-state index contributed by atoms with van der Waals surface area (Å²) in [6.07, 6.45) is 3.34. The SMILES string of the molecule is CCCCCCS(=O)(=O)Oc1cc(O)[nH]c1O. The third-order valence-corrected chi connectivity index (χ3v) is 3.43. The van der Waals surface area contributed by atoms with Crippen LogP contribution in [0.15, 0.2) is 6.07 Å². The quantitative estimate of drug-likeness (QED) is 0.513. The fourth-order valence-corrected chi connectivity index (χ4v) is 2.40. The molecule has 0 aliphatic rings. The van der Waals surface area contributed by atoms with Gasteiger partial charge in [0.2, 0.25) is 11.6 Å². The average Bonchev–Trinajstić information content (AvgIpc) is 2.52. The number of nitrogens with one attached hydrogen (secondary N) is 1. The summed E-state index contributed by atoms with van der Waals surface area (Å²) in [6, 6.07) is 1.01. The van der Waals surface area contributed by atoms with Gasteiger partial charge < -0.3 is 14.4 Å². The van der Waals surface area contributed by atoms with Gasteiger partial charge >= 0.3 is 10.1 Å². The first-order valence-electron chi connectivity index (χ1n) is 5.47. The fraction of sp³-hybridized carbons (Fsp3) is 0.600. The van der Waals surface area contributed by atoms with E-state index >= 15 is 0 Å². The molecule has 98 valence electrons. The summed E-state index contributed by atoms with van der Waals surface area (Å²) < 4.78 is 27.7. The van der Waals surface area contributed by atoms with Crippen molar-refractivity contribution in [2.45, 2.75) is 32.6 Å². The highest BCUT2D eigenvalue weighted by Gasteiger charge is 2.17. The van der Waals surface area contributed by atoms with Crippen LogP contribution in [0.1, 0.15) is 32.6 Å². The third kappa shape index (κ3) is 4.56. The molecule has 0 aliphatic heterocycles. The van der Waals surface area contributed by atoms with Gasteiger partial charge in [-0.25, -0.2) is 0 Å². The van der Waals surface area contributed by atoms with Crippen LogP contribution >= 0.6 is 0 Å². The summed E-state index contributed by atoms with van der Waals surface area (Å²) in [5, 5.41) is 18.2. The Kier molecular flexibility index (Phi) is 4.68. The van der Waals surface area contributed by atoms with Gasteiger partial charge in [-0.05, 0) is 6.42 Å². The Hall–Kier alpha value is -1.37. The molecule has 0 aromatic carbocycles. The second-order valence-electron chi connectivity index (χ2n) is 3.77. The van der Waals surface area contributed by atoms with Crippen molar-refractivity contribution in [1.29, 1.82) is 0 Å². The molecule has 3 N–H and O–H groups in total. The molecule has 0 amide bonds. The summed E-state index contributed by atoms with van der Waals surface area (Å²) in [4.78, 5) is 2.13. The van der Waals surface area contributed by atoms with E-state index in [0.29, 0.717) is 6.42 Å². The van der Waals surface area contributed by atoms with E-state index in [0.717, 1.165) is 25.3 Å². The van der Waals surface area contributed by atoms with Gasteiger partial charge in [0.15, 0.2) is 5.88 Å². The lowest BCUT2D eigenvalue weighted by atomic mass is 10.2. The molecule has 0 unspecified atom stereocenters. The van der Waals surface area contributed by atoms with E-state index in [4.69, 9.17) is 5.11 Å². The van der Waals surface area contributed by atoms with Crippen LogP contribution in [0.3, 0.4) is 0 Å². The molecule has 1 aromatic rings. The number of H-pyrrole nitrogens is 1. The lowest BCUT2D eigenvalue weighted by Crippen LogP contribution is -2.13. The maximum Gasteiger partial charge on any atom is 0.309 e. The van der Waals surface area contributed by atoms with Crippen LogP contribution in [0.5, 0.6) is 17.5 Å². The molecule has 1 rings (SSSR count). The van der Waals surface area contributed by atoms with Gasteiger partial charge in [-0.2, -0.15) is 8.42 Å². The first-order valence-corrected chi connectivity index (χ1v) is 7.05. The molecule has 17 heavy (non-hydrogen) atoms. The van der Waals surface area contributed by atoms with E-state index in [-0.39, 0.29) is 17.4 Å². The minimum absolute atomic E-state index is 0.0988. The van der Waals surface area contributed by atoms with Crippen LogP contribution < -0.4 is 4.18 Å². The van der Waals surface area contributed by atoms with Gasteiger partial charge in [-0.3, -0.25) is 4.98 Å². The average molecular weight is 263 g/mol. The largest absolute Gasteiger partial charge is 0.494 e. The zero-order valence-electron chi connectivity index (χ0n) is 9.64. The fourth-order valence-electron chi connectivity index (χ4n) is 1.36. The Morgan fingerprint density at radius 1 is 1.29 bits per heavy atom. The molecule has 1 aromatic heterocycles. The van der Waals surface area contributed by atoms with Crippen LogP contribution in [0.2, 0.25) is 0 Å². The molecule has 0 saturated carbocycles. The summed E-state index contributed by atoms with van der Waals surface area (Å²) in [5.74, 6) is -1.23. The zero-order chi connectivity index (χ0) is 12.9. The number of aromatic hydroxyl groups is 2. The van der Waals surface area contributed by atoms with Gasteiger partial charge in [0.25, 0.3) is 0 Å². The molecule has 6 nitrogen and oxygen atoms in total. The number of aromatic amines is 1. The number of aromatic nitrogens is 1. The highest BCUT2D eigenvalue weighted by atomic mass is 32.2. The number of rotatable bonds is 7. The van der Waals surface area contributed by atoms with E-state index in [1.54, 1.807) is 0 Å². The van der Waals surface area contributed by atoms with Crippen molar-refractivity contribution in [3.63, 3.8) is 0 Å². The van der Waals surface area contributed by atoms with Crippen molar-refractivity contribution in [2.75, 3.05) is 5.75 Å². The molecule has 1 heterocycles. The van der Waals surface area contributed by atoms with Crippen molar-refractivity contribution in [1.82, 2.24) is 4.98 Å². The molecule has 0 saturated heterocycles. The number of hydrogen-bond donors (Lipinski definition) is 3. The third-order valence-electron chi connectivity index (χ3n) is 2.21. The normalized spacial score (nSPS) is 11.6. The maximum absolute atomic E-state index is 11.5. The second kappa shape index (κ2) is 5.81. The van der Waals surface area contributed by atoms with Crippen LogP contribution in [-0.2, 0) is 10.1 Å². The van der Waals surface area contributed by atoms with Crippen molar-refractivity contribution >= 4 is 10.1 Å². The molecule has 0 spiro atoms. The zero-order valence-corrected chi connectivity index (χ0v) is 10.5. The summed E-state index contributed by atoms with van der Waals surface area (Å²) in [7, 11) is -3.72. The molecule has 0 atom stereocenters. The van der Waals surface area contributed by atoms with Gasteiger partial charge in [-0.1, -0.05) is 26.2 Å². The molecular formula is C10H17NO5S. The van der Waals surface area contributed by atoms with Crippen LogP contribution in [0.25, 0.3) is 0 Å². The summed E-state index contributed by atoms with van der Waals surface area (Å²) >= 11 is 0. The van der Waals surface area contributed by atoms with E-state index in [9.17, 15) is 13.5 Å². The molecule has 0 fully saturated rings. The molecule has 0 bridgehead atoms. The van der Waals surface area contributed by atoms with Gasteiger partial charge in [0.05, 0.1) is 5.75 Å². The monoisotopic (exact) mass is 263 g/mol. The van der Waals surface area contributed by atoms with Crippen molar-refractivity contribution in [3.05, 3.63) is 6.07 Å². The molecular weight excluding hydrogens is 246 g/mol. The Morgan fingerprint density at radius 2 is 2.00 bits per heavy atom. The maximum atomic E-state index is 11.5.